The number of hydrogen-bond acceptors (Lipinski definition) is 6. The Labute approximate surface area is 177 Å². The van der Waals surface area contributed by atoms with Gasteiger partial charge in [0, 0.05) is 0 Å². The van der Waals surface area contributed by atoms with Crippen LogP contribution in [0.2, 0.25) is 0 Å². The maximum atomic E-state index is 10.9. The molecular weight excluding hydrogens is 420 g/mol. The van der Waals surface area contributed by atoms with Crippen LogP contribution in [0.5, 0.6) is 0 Å². The van der Waals surface area contributed by atoms with Crippen molar-refractivity contribution in [2.75, 3.05) is 13.2 Å². The largest absolute Gasteiger partial charge is 0.397 e. The summed E-state index contributed by atoms with van der Waals surface area (Å²) in [6.07, 6.45) is 8.58. The van der Waals surface area contributed by atoms with Crippen LogP contribution in [0.3, 0.4) is 0 Å². The van der Waals surface area contributed by atoms with E-state index in [2.05, 4.69) is 29.1 Å². The van der Waals surface area contributed by atoms with Crippen molar-refractivity contribution in [2.45, 2.75) is 85.5 Å². The van der Waals surface area contributed by atoms with Gasteiger partial charge in [0.05, 0.1) is 13.2 Å². The predicted octanol–water partition coefficient (Wildman–Crippen LogP) is 4.68. The smallest absolute Gasteiger partial charge is 0.264 e. The number of hydrogen-bond donors (Lipinski definition) is 2. The van der Waals surface area contributed by atoms with E-state index >= 15 is 0 Å². The summed E-state index contributed by atoms with van der Waals surface area (Å²) in [5.41, 5.74) is 0. The minimum Gasteiger partial charge on any atom is -0.264 e. The molecule has 0 aliphatic carbocycles. The monoisotopic (exact) mass is 460 g/mol. The van der Waals surface area contributed by atoms with Crippen molar-refractivity contribution >= 4 is 20.8 Å². The second-order valence-corrected chi connectivity index (χ2v) is 10.9. The second kappa shape index (κ2) is 14.7. The molecule has 0 spiro atoms. The SMILES string of the molecule is CC(C)CCCC(CCCC(C)CCC[C@H](C)COS(=O)(=O)O)COS(=O)(=O)O. The maximum Gasteiger partial charge on any atom is 0.397 e. The Morgan fingerprint density at radius 2 is 1.03 bits per heavy atom. The Hall–Kier alpha value is -0.260. The first kappa shape index (κ1) is 28.7. The molecule has 0 aromatic carbocycles. The Morgan fingerprint density at radius 1 is 0.621 bits per heavy atom. The molecule has 0 amide bonds. The summed E-state index contributed by atoms with van der Waals surface area (Å²) in [5, 5.41) is 0. The fourth-order valence-electron chi connectivity index (χ4n) is 3.31. The lowest BCUT2D eigenvalue weighted by Crippen LogP contribution is -2.15. The van der Waals surface area contributed by atoms with Crippen molar-refractivity contribution in [2.24, 2.45) is 23.7 Å². The van der Waals surface area contributed by atoms with Gasteiger partial charge >= 0.3 is 20.8 Å². The van der Waals surface area contributed by atoms with Crippen LogP contribution in [-0.2, 0) is 29.2 Å². The highest BCUT2D eigenvalue weighted by Gasteiger charge is 2.15. The van der Waals surface area contributed by atoms with Gasteiger partial charge in [0.25, 0.3) is 0 Å². The fraction of sp³-hybridized carbons (Fsp3) is 1.00. The van der Waals surface area contributed by atoms with Crippen LogP contribution in [-0.4, -0.2) is 39.2 Å². The highest BCUT2D eigenvalue weighted by atomic mass is 32.3. The zero-order chi connectivity index (χ0) is 22.5. The Morgan fingerprint density at radius 3 is 1.52 bits per heavy atom. The van der Waals surface area contributed by atoms with E-state index in [0.717, 1.165) is 57.8 Å². The third-order valence-corrected chi connectivity index (χ3v) is 5.92. The highest BCUT2D eigenvalue weighted by molar-refractivity contribution is 7.81. The van der Waals surface area contributed by atoms with Gasteiger partial charge < -0.3 is 0 Å². The average molecular weight is 461 g/mol. The van der Waals surface area contributed by atoms with Crippen molar-refractivity contribution in [3.8, 4) is 0 Å². The van der Waals surface area contributed by atoms with E-state index < -0.39 is 20.8 Å². The third-order valence-electron chi connectivity index (χ3n) is 5.05. The molecule has 0 aliphatic heterocycles. The molecule has 0 bridgehead atoms. The zero-order valence-corrected chi connectivity index (χ0v) is 19.9. The molecule has 10 heteroatoms. The van der Waals surface area contributed by atoms with Gasteiger partial charge in [-0.05, 0) is 42.9 Å². The van der Waals surface area contributed by atoms with Crippen LogP contribution < -0.4 is 0 Å². The second-order valence-electron chi connectivity index (χ2n) is 8.69. The van der Waals surface area contributed by atoms with E-state index in [1.54, 1.807) is 0 Å². The summed E-state index contributed by atoms with van der Waals surface area (Å²) >= 11 is 0. The minimum atomic E-state index is -4.40. The predicted molar refractivity (Wildman–Crippen MR) is 113 cm³/mol. The van der Waals surface area contributed by atoms with Crippen molar-refractivity contribution < 1.29 is 34.3 Å². The molecule has 0 fully saturated rings. The summed E-state index contributed by atoms with van der Waals surface area (Å²) in [5.74, 6) is 1.26. The molecule has 0 rings (SSSR count). The van der Waals surface area contributed by atoms with Gasteiger partial charge in [0.2, 0.25) is 0 Å². The average Bonchev–Trinajstić information content (AvgIpc) is 2.55. The van der Waals surface area contributed by atoms with Crippen LogP contribution in [0.4, 0.5) is 0 Å². The van der Waals surface area contributed by atoms with E-state index in [4.69, 9.17) is 9.11 Å². The molecule has 0 saturated carbocycles. The standard InChI is InChI=1S/C19H40O8S2/c1-16(2)8-5-12-19(15-27-29(23,24)25)13-7-10-17(3)9-6-11-18(4)14-26-28(20,21)22/h16-19H,5-15H2,1-4H3,(H,20,21,22)(H,23,24,25)/t17?,18-,19?/m0/s1. The molecule has 2 N–H and O–H groups in total. The summed E-state index contributed by atoms with van der Waals surface area (Å²) < 4.78 is 69.2. The van der Waals surface area contributed by atoms with Crippen LogP contribution in [0.15, 0.2) is 0 Å². The normalized spacial score (nSPS) is 16.1. The van der Waals surface area contributed by atoms with Crippen LogP contribution >= 0.6 is 0 Å². The lowest BCUT2D eigenvalue weighted by molar-refractivity contribution is 0.201. The lowest BCUT2D eigenvalue weighted by Gasteiger charge is -2.18. The Balaban J connectivity index is 4.12. The first-order valence-electron chi connectivity index (χ1n) is 10.5. The third kappa shape index (κ3) is 20.8. The van der Waals surface area contributed by atoms with Gasteiger partial charge in [-0.15, -0.1) is 0 Å². The molecule has 0 saturated heterocycles. The molecule has 2 unspecified atom stereocenters. The zero-order valence-electron chi connectivity index (χ0n) is 18.2. The maximum absolute atomic E-state index is 10.9. The van der Waals surface area contributed by atoms with Gasteiger partial charge in [-0.1, -0.05) is 66.2 Å². The topological polar surface area (TPSA) is 127 Å². The Bertz CT molecular complexity index is 616. The molecule has 0 heterocycles. The van der Waals surface area contributed by atoms with Gasteiger partial charge in [-0.25, -0.2) is 8.37 Å². The fourth-order valence-corrected chi connectivity index (χ4v) is 4.08. The summed E-state index contributed by atoms with van der Waals surface area (Å²) in [4.78, 5) is 0. The van der Waals surface area contributed by atoms with Crippen molar-refractivity contribution in [1.29, 1.82) is 0 Å². The lowest BCUT2D eigenvalue weighted by atomic mass is 9.90. The van der Waals surface area contributed by atoms with Gasteiger partial charge in [-0.2, -0.15) is 16.8 Å². The first-order valence-corrected chi connectivity index (χ1v) is 13.2. The van der Waals surface area contributed by atoms with Crippen LogP contribution in [0.25, 0.3) is 0 Å². The highest BCUT2D eigenvalue weighted by Crippen LogP contribution is 2.23. The first-order chi connectivity index (χ1) is 13.3. The van der Waals surface area contributed by atoms with E-state index in [-0.39, 0.29) is 25.0 Å². The minimum absolute atomic E-state index is 0.0148. The summed E-state index contributed by atoms with van der Waals surface area (Å²) in [6.45, 7) is 8.37. The van der Waals surface area contributed by atoms with Crippen molar-refractivity contribution in [3.05, 3.63) is 0 Å². The van der Waals surface area contributed by atoms with Crippen molar-refractivity contribution in [1.82, 2.24) is 0 Å². The van der Waals surface area contributed by atoms with E-state index in [0.29, 0.717) is 11.8 Å². The quantitative estimate of drug-likeness (QED) is 0.282. The van der Waals surface area contributed by atoms with E-state index in [9.17, 15) is 16.8 Å². The molecule has 0 aromatic heterocycles. The van der Waals surface area contributed by atoms with Gasteiger partial charge in [0.15, 0.2) is 0 Å². The van der Waals surface area contributed by atoms with Crippen molar-refractivity contribution in [3.63, 3.8) is 0 Å². The molecule has 29 heavy (non-hydrogen) atoms. The number of rotatable bonds is 18. The molecule has 0 aliphatic rings. The molecule has 8 nitrogen and oxygen atoms in total. The van der Waals surface area contributed by atoms with Gasteiger partial charge in [-0.3, -0.25) is 9.11 Å². The summed E-state index contributed by atoms with van der Waals surface area (Å²) in [7, 11) is -8.77. The van der Waals surface area contributed by atoms with Gasteiger partial charge in [0.1, 0.15) is 0 Å². The van der Waals surface area contributed by atoms with Crippen LogP contribution in [0, 0.1) is 23.7 Å². The Kier molecular flexibility index (Phi) is 14.6. The molecule has 0 aromatic rings. The summed E-state index contributed by atoms with van der Waals surface area (Å²) in [6, 6.07) is 0. The molecule has 176 valence electrons. The van der Waals surface area contributed by atoms with E-state index in [1.807, 2.05) is 6.92 Å². The van der Waals surface area contributed by atoms with E-state index in [1.165, 1.54) is 0 Å². The van der Waals surface area contributed by atoms with Crippen LogP contribution in [0.1, 0.15) is 85.5 Å². The molecular formula is C19H40O8S2. The molecule has 0 radical (unpaired) electrons. The molecule has 3 atom stereocenters.